The number of benzene rings is 1. The zero-order valence-electron chi connectivity index (χ0n) is 11.1. The summed E-state index contributed by atoms with van der Waals surface area (Å²) in [5, 5.41) is 0. The third-order valence-electron chi connectivity index (χ3n) is 2.69. The summed E-state index contributed by atoms with van der Waals surface area (Å²) in [6.07, 6.45) is -3.84. The molecule has 0 spiro atoms. The first kappa shape index (κ1) is 16.2. The number of hydrogen-bond acceptors (Lipinski definition) is 1. The van der Waals surface area contributed by atoms with Gasteiger partial charge in [-0.2, -0.15) is 13.2 Å². The van der Waals surface area contributed by atoms with Crippen molar-refractivity contribution in [2.75, 3.05) is 0 Å². The number of rotatable bonds is 3. The summed E-state index contributed by atoms with van der Waals surface area (Å²) in [6.45, 7) is 5.85. The predicted octanol–water partition coefficient (Wildman–Crippen LogP) is 5.48. The lowest BCUT2D eigenvalue weighted by Crippen LogP contribution is -2.15. The number of carbonyl (C=O) groups excluding carboxylic acids is 1. The van der Waals surface area contributed by atoms with Gasteiger partial charge in [-0.25, -0.2) is 0 Å². The number of hydrogen-bond donors (Lipinski definition) is 0. The Hall–Kier alpha value is -0.840. The SMILES string of the molecule is CC(C)(C)CCC(=O)c1ccc(Br)cc1C(F)(F)F. The van der Waals surface area contributed by atoms with E-state index in [1.54, 1.807) is 0 Å². The molecule has 1 nitrogen and oxygen atoms in total. The highest BCUT2D eigenvalue weighted by atomic mass is 79.9. The first-order valence-electron chi connectivity index (χ1n) is 5.91. The molecule has 5 heteroatoms. The van der Waals surface area contributed by atoms with E-state index in [0.29, 0.717) is 10.9 Å². The van der Waals surface area contributed by atoms with E-state index in [1.165, 1.54) is 12.1 Å². The van der Waals surface area contributed by atoms with Crippen molar-refractivity contribution in [2.45, 2.75) is 39.8 Å². The summed E-state index contributed by atoms with van der Waals surface area (Å²) >= 11 is 3.00. The van der Waals surface area contributed by atoms with Crippen LogP contribution in [0.2, 0.25) is 0 Å². The van der Waals surface area contributed by atoms with Gasteiger partial charge < -0.3 is 0 Å². The van der Waals surface area contributed by atoms with Gasteiger partial charge in [0.05, 0.1) is 5.56 Å². The lowest BCUT2D eigenvalue weighted by molar-refractivity contribution is -0.138. The van der Waals surface area contributed by atoms with Gasteiger partial charge >= 0.3 is 6.18 Å². The molecule has 106 valence electrons. The quantitative estimate of drug-likeness (QED) is 0.668. The van der Waals surface area contributed by atoms with Crippen molar-refractivity contribution in [3.8, 4) is 0 Å². The molecule has 0 atom stereocenters. The molecule has 0 heterocycles. The summed E-state index contributed by atoms with van der Waals surface area (Å²) in [4.78, 5) is 12.0. The molecule has 0 aliphatic carbocycles. The molecule has 0 aliphatic rings. The van der Waals surface area contributed by atoms with Gasteiger partial charge in [-0.15, -0.1) is 0 Å². The molecule has 0 fully saturated rings. The largest absolute Gasteiger partial charge is 0.417 e. The third kappa shape index (κ3) is 4.97. The van der Waals surface area contributed by atoms with Gasteiger partial charge in [0, 0.05) is 16.5 Å². The summed E-state index contributed by atoms with van der Waals surface area (Å²) < 4.78 is 39.0. The second-order valence-electron chi connectivity index (χ2n) is 5.67. The first-order valence-corrected chi connectivity index (χ1v) is 6.70. The Morgan fingerprint density at radius 3 is 2.26 bits per heavy atom. The van der Waals surface area contributed by atoms with Crippen LogP contribution in [0.25, 0.3) is 0 Å². The molecule has 0 N–H and O–H groups in total. The zero-order chi connectivity index (χ0) is 14.8. The highest BCUT2D eigenvalue weighted by Crippen LogP contribution is 2.35. The van der Waals surface area contributed by atoms with Gasteiger partial charge in [0.2, 0.25) is 0 Å². The van der Waals surface area contributed by atoms with Gasteiger partial charge in [0.1, 0.15) is 0 Å². The van der Waals surface area contributed by atoms with Crippen LogP contribution in [0.1, 0.15) is 49.5 Å². The van der Waals surface area contributed by atoms with E-state index in [9.17, 15) is 18.0 Å². The fraction of sp³-hybridized carbons (Fsp3) is 0.500. The summed E-state index contributed by atoms with van der Waals surface area (Å²) in [6, 6.07) is 3.64. The van der Waals surface area contributed by atoms with Gasteiger partial charge in [0.25, 0.3) is 0 Å². The van der Waals surface area contributed by atoms with Crippen LogP contribution in [-0.4, -0.2) is 5.78 Å². The van der Waals surface area contributed by atoms with Crippen molar-refractivity contribution in [3.05, 3.63) is 33.8 Å². The standard InChI is InChI=1S/C14H16BrF3O/c1-13(2,3)7-6-12(19)10-5-4-9(15)8-11(10)14(16,17)18/h4-5,8H,6-7H2,1-3H3. The molecule has 1 rings (SSSR count). The van der Waals surface area contributed by atoms with E-state index in [0.717, 1.165) is 6.07 Å². The number of carbonyl (C=O) groups is 1. The molecule has 1 aromatic rings. The van der Waals surface area contributed by atoms with E-state index >= 15 is 0 Å². The lowest BCUT2D eigenvalue weighted by atomic mass is 9.88. The molecule has 0 aliphatic heterocycles. The van der Waals surface area contributed by atoms with Crippen LogP contribution in [0, 0.1) is 5.41 Å². The molecule has 19 heavy (non-hydrogen) atoms. The van der Waals surface area contributed by atoms with Crippen molar-refractivity contribution in [2.24, 2.45) is 5.41 Å². The Bertz CT molecular complexity index is 473. The molecule has 0 saturated heterocycles. The average Bonchev–Trinajstić information content (AvgIpc) is 2.23. The predicted molar refractivity (Wildman–Crippen MR) is 72.2 cm³/mol. The fourth-order valence-corrected chi connectivity index (χ4v) is 1.98. The second kappa shape index (κ2) is 5.65. The second-order valence-corrected chi connectivity index (χ2v) is 6.59. The van der Waals surface area contributed by atoms with Gasteiger partial charge in [0.15, 0.2) is 5.78 Å². The monoisotopic (exact) mass is 336 g/mol. The smallest absolute Gasteiger partial charge is 0.294 e. The van der Waals surface area contributed by atoms with Crippen molar-refractivity contribution >= 4 is 21.7 Å². The van der Waals surface area contributed by atoms with Gasteiger partial charge in [-0.3, -0.25) is 4.79 Å². The highest BCUT2D eigenvalue weighted by molar-refractivity contribution is 9.10. The zero-order valence-corrected chi connectivity index (χ0v) is 12.7. The van der Waals surface area contributed by atoms with E-state index in [1.807, 2.05) is 20.8 Å². The van der Waals surface area contributed by atoms with Gasteiger partial charge in [-0.1, -0.05) is 36.7 Å². The topological polar surface area (TPSA) is 17.1 Å². The van der Waals surface area contributed by atoms with Gasteiger partial charge in [-0.05, 0) is 30.0 Å². The fourth-order valence-electron chi connectivity index (χ4n) is 1.62. The minimum absolute atomic E-state index is 0.0799. The average molecular weight is 337 g/mol. The van der Waals surface area contributed by atoms with Crippen LogP contribution < -0.4 is 0 Å². The normalized spacial score (nSPS) is 12.6. The summed E-state index contributed by atoms with van der Waals surface area (Å²) in [7, 11) is 0. The van der Waals surface area contributed by atoms with E-state index in [4.69, 9.17) is 0 Å². The Balaban J connectivity index is 3.03. The number of ketones is 1. The minimum atomic E-state index is -4.52. The van der Waals surface area contributed by atoms with E-state index in [-0.39, 0.29) is 17.4 Å². The van der Waals surface area contributed by atoms with Crippen LogP contribution in [0.3, 0.4) is 0 Å². The molecule has 0 aromatic heterocycles. The molecule has 0 amide bonds. The Morgan fingerprint density at radius 2 is 1.79 bits per heavy atom. The molecular weight excluding hydrogens is 321 g/mol. The Kier molecular flexibility index (Phi) is 4.82. The summed E-state index contributed by atoms with van der Waals surface area (Å²) in [5.74, 6) is -0.463. The number of Topliss-reactive ketones (excluding diaryl/α,β-unsaturated/α-hetero) is 1. The first-order chi connectivity index (χ1) is 8.50. The van der Waals surface area contributed by atoms with Crippen LogP contribution in [0.5, 0.6) is 0 Å². The van der Waals surface area contributed by atoms with Crippen LogP contribution in [-0.2, 0) is 6.18 Å². The molecule has 1 aromatic carbocycles. The maximum Gasteiger partial charge on any atom is 0.417 e. The minimum Gasteiger partial charge on any atom is -0.294 e. The van der Waals surface area contributed by atoms with E-state index < -0.39 is 17.5 Å². The van der Waals surface area contributed by atoms with Crippen LogP contribution in [0.15, 0.2) is 22.7 Å². The third-order valence-corrected chi connectivity index (χ3v) is 3.18. The van der Waals surface area contributed by atoms with Crippen LogP contribution in [0.4, 0.5) is 13.2 Å². The van der Waals surface area contributed by atoms with Crippen molar-refractivity contribution in [1.29, 1.82) is 0 Å². The van der Waals surface area contributed by atoms with E-state index in [2.05, 4.69) is 15.9 Å². The van der Waals surface area contributed by atoms with Crippen molar-refractivity contribution < 1.29 is 18.0 Å². The molecular formula is C14H16BrF3O. The molecule has 0 unspecified atom stereocenters. The maximum atomic E-state index is 12.9. The lowest BCUT2D eigenvalue weighted by Gasteiger charge is -2.18. The molecule has 0 radical (unpaired) electrons. The highest BCUT2D eigenvalue weighted by Gasteiger charge is 2.35. The van der Waals surface area contributed by atoms with Crippen molar-refractivity contribution in [1.82, 2.24) is 0 Å². The number of halogens is 4. The molecule has 0 bridgehead atoms. The maximum absolute atomic E-state index is 12.9. The Labute approximate surface area is 119 Å². The summed E-state index contributed by atoms with van der Waals surface area (Å²) in [5.41, 5.74) is -1.20. The Morgan fingerprint density at radius 1 is 1.21 bits per heavy atom. The molecule has 0 saturated carbocycles. The van der Waals surface area contributed by atoms with Crippen molar-refractivity contribution in [3.63, 3.8) is 0 Å². The van der Waals surface area contributed by atoms with Crippen LogP contribution >= 0.6 is 15.9 Å². The number of alkyl halides is 3.